The minimum atomic E-state index is 0.560. The molecule has 6 nitrogen and oxygen atoms in total. The van der Waals surface area contributed by atoms with Crippen LogP contribution in [0.3, 0.4) is 0 Å². The maximum absolute atomic E-state index is 5.19. The fourth-order valence-corrected chi connectivity index (χ4v) is 2.58. The molecule has 2 aromatic heterocycles. The van der Waals surface area contributed by atoms with E-state index in [1.165, 1.54) is 11.3 Å². The molecule has 8 heteroatoms. The zero-order valence-electron chi connectivity index (χ0n) is 10.5. The Morgan fingerprint density at radius 2 is 2.25 bits per heavy atom. The number of thiocarbonyl (C=S) groups is 1. The number of anilines is 1. The first kappa shape index (κ1) is 12.9. The molecule has 1 aromatic carbocycles. The van der Waals surface area contributed by atoms with Gasteiger partial charge in [0.05, 0.1) is 12.1 Å². The minimum Gasteiger partial charge on any atom is -0.361 e. The predicted molar refractivity (Wildman–Crippen MR) is 83.9 cm³/mol. The minimum absolute atomic E-state index is 0.560. The molecule has 0 aliphatic heterocycles. The highest BCUT2D eigenvalue weighted by Crippen LogP contribution is 2.10. The van der Waals surface area contributed by atoms with Gasteiger partial charge in [0.15, 0.2) is 10.2 Å². The maximum Gasteiger partial charge on any atom is 0.188 e. The molecule has 3 aromatic rings. The molecule has 0 saturated carbocycles. The van der Waals surface area contributed by atoms with Crippen molar-refractivity contribution >= 4 is 44.8 Å². The molecule has 0 bridgehead atoms. The molecule has 0 aliphatic rings. The van der Waals surface area contributed by atoms with Gasteiger partial charge >= 0.3 is 0 Å². The van der Waals surface area contributed by atoms with Crippen LogP contribution in [-0.4, -0.2) is 31.6 Å². The van der Waals surface area contributed by atoms with Crippen molar-refractivity contribution in [1.29, 1.82) is 0 Å². The van der Waals surface area contributed by atoms with Gasteiger partial charge in [0.2, 0.25) is 0 Å². The van der Waals surface area contributed by atoms with E-state index in [1.807, 2.05) is 34.3 Å². The molecule has 0 unspecified atom stereocenters. The van der Waals surface area contributed by atoms with Gasteiger partial charge in [0.25, 0.3) is 0 Å². The van der Waals surface area contributed by atoms with Crippen LogP contribution in [0.2, 0.25) is 0 Å². The van der Waals surface area contributed by atoms with Crippen molar-refractivity contribution in [1.82, 2.24) is 25.3 Å². The van der Waals surface area contributed by atoms with Gasteiger partial charge in [-0.15, -0.1) is 16.4 Å². The van der Waals surface area contributed by atoms with Gasteiger partial charge in [0, 0.05) is 18.1 Å². The molecule has 0 fully saturated rings. The Hall–Kier alpha value is -2.06. The summed E-state index contributed by atoms with van der Waals surface area (Å²) in [5.41, 5.74) is 1.92. The lowest BCUT2D eigenvalue weighted by Gasteiger charge is -2.08. The van der Waals surface area contributed by atoms with E-state index in [9.17, 15) is 0 Å². The molecule has 0 atom stereocenters. The van der Waals surface area contributed by atoms with Crippen LogP contribution in [0.4, 0.5) is 5.13 Å². The zero-order valence-corrected chi connectivity index (χ0v) is 12.1. The molecule has 20 heavy (non-hydrogen) atoms. The van der Waals surface area contributed by atoms with E-state index in [0.29, 0.717) is 18.2 Å². The summed E-state index contributed by atoms with van der Waals surface area (Å²) < 4.78 is 1.86. The quantitative estimate of drug-likeness (QED) is 0.717. The number of rotatable bonds is 4. The van der Waals surface area contributed by atoms with Gasteiger partial charge < -0.3 is 10.6 Å². The molecule has 0 aliphatic carbocycles. The van der Waals surface area contributed by atoms with Gasteiger partial charge in [-0.1, -0.05) is 17.3 Å². The lowest BCUT2D eigenvalue weighted by atomic mass is 10.3. The number of hydrogen-bond donors (Lipinski definition) is 2. The summed E-state index contributed by atoms with van der Waals surface area (Å²) in [5.74, 6) is 0. The summed E-state index contributed by atoms with van der Waals surface area (Å²) in [6.07, 6.45) is 1.73. The Morgan fingerprint density at radius 3 is 3.10 bits per heavy atom. The van der Waals surface area contributed by atoms with Gasteiger partial charge in [-0.05, 0) is 24.4 Å². The van der Waals surface area contributed by atoms with Crippen molar-refractivity contribution in [3.63, 3.8) is 0 Å². The second-order valence-electron chi connectivity index (χ2n) is 4.02. The summed E-state index contributed by atoms with van der Waals surface area (Å²) in [5, 5.41) is 17.6. The Morgan fingerprint density at radius 1 is 1.35 bits per heavy atom. The first-order valence-corrected chi connectivity index (χ1v) is 7.34. The van der Waals surface area contributed by atoms with E-state index in [0.717, 1.165) is 16.2 Å². The first-order chi connectivity index (χ1) is 9.83. The average molecular weight is 304 g/mol. The fraction of sp³-hybridized carbons (Fsp3) is 0.167. The monoisotopic (exact) mass is 304 g/mol. The van der Waals surface area contributed by atoms with Crippen molar-refractivity contribution in [3.05, 3.63) is 35.8 Å². The average Bonchev–Trinajstić information content (AvgIpc) is 3.09. The molecule has 0 spiro atoms. The largest absolute Gasteiger partial charge is 0.361 e. The van der Waals surface area contributed by atoms with E-state index in [2.05, 4.69) is 25.9 Å². The third-order valence-corrected chi connectivity index (χ3v) is 3.62. The number of thiazole rings is 1. The second-order valence-corrected chi connectivity index (χ2v) is 5.32. The summed E-state index contributed by atoms with van der Waals surface area (Å²) in [4.78, 5) is 4.11. The molecule has 102 valence electrons. The fourth-order valence-electron chi connectivity index (χ4n) is 1.78. The van der Waals surface area contributed by atoms with Crippen LogP contribution in [0.15, 0.2) is 35.8 Å². The highest BCUT2D eigenvalue weighted by atomic mass is 32.1. The number of benzene rings is 1. The number of nitrogens with one attached hydrogen (secondary N) is 2. The van der Waals surface area contributed by atoms with Crippen molar-refractivity contribution in [2.45, 2.75) is 6.54 Å². The summed E-state index contributed by atoms with van der Waals surface area (Å²) in [6.45, 7) is 1.37. The number of nitrogens with zero attached hydrogens (tertiary/aromatic N) is 4. The Labute approximate surface area is 124 Å². The molecule has 2 N–H and O–H groups in total. The van der Waals surface area contributed by atoms with Crippen molar-refractivity contribution in [2.24, 2.45) is 0 Å². The normalized spacial score (nSPS) is 10.6. The van der Waals surface area contributed by atoms with Crippen LogP contribution >= 0.6 is 23.6 Å². The van der Waals surface area contributed by atoms with Crippen LogP contribution in [0.5, 0.6) is 0 Å². The van der Waals surface area contributed by atoms with Gasteiger partial charge in [-0.25, -0.2) is 9.67 Å². The lowest BCUT2D eigenvalue weighted by Crippen LogP contribution is -2.31. The van der Waals surface area contributed by atoms with Gasteiger partial charge in [-0.3, -0.25) is 0 Å². The van der Waals surface area contributed by atoms with E-state index >= 15 is 0 Å². The predicted octanol–water partition coefficient (Wildman–Crippen LogP) is 1.87. The van der Waals surface area contributed by atoms with Crippen LogP contribution in [0.25, 0.3) is 11.0 Å². The van der Waals surface area contributed by atoms with E-state index in [4.69, 9.17) is 12.2 Å². The molecule has 0 saturated heterocycles. The smallest absolute Gasteiger partial charge is 0.188 e. The molecule has 0 amide bonds. The van der Waals surface area contributed by atoms with Gasteiger partial charge in [-0.2, -0.15) is 0 Å². The van der Waals surface area contributed by atoms with Crippen LogP contribution in [0, 0.1) is 0 Å². The highest BCUT2D eigenvalue weighted by molar-refractivity contribution is 7.80. The molecule has 3 rings (SSSR count). The third kappa shape index (κ3) is 2.91. The number of fused-ring (bicyclic) bond motifs is 1. The summed E-state index contributed by atoms with van der Waals surface area (Å²) in [7, 11) is 0. The van der Waals surface area contributed by atoms with Crippen LogP contribution in [0.1, 0.15) is 0 Å². The lowest BCUT2D eigenvalue weighted by molar-refractivity contribution is 0.598. The Kier molecular flexibility index (Phi) is 3.84. The SMILES string of the molecule is S=C(NCCn1nnc2ccccc21)Nc1nccs1. The number of aromatic nitrogens is 4. The molecule has 0 radical (unpaired) electrons. The van der Waals surface area contributed by atoms with Crippen molar-refractivity contribution < 1.29 is 0 Å². The third-order valence-electron chi connectivity index (χ3n) is 2.68. The standard InChI is InChI=1S/C12H12N6S2/c19-11(15-12-14-6-8-20-12)13-5-7-18-10-4-2-1-3-9(10)16-17-18/h1-4,6,8H,5,7H2,(H2,13,14,15,19). The molecular formula is C12H12N6S2. The van der Waals surface area contributed by atoms with E-state index < -0.39 is 0 Å². The maximum atomic E-state index is 5.19. The van der Waals surface area contributed by atoms with Crippen molar-refractivity contribution in [2.75, 3.05) is 11.9 Å². The van der Waals surface area contributed by atoms with E-state index in [1.54, 1.807) is 6.20 Å². The summed E-state index contributed by atoms with van der Waals surface area (Å²) in [6, 6.07) is 7.87. The zero-order chi connectivity index (χ0) is 13.8. The molecular weight excluding hydrogens is 292 g/mol. The Bertz CT molecular complexity index is 706. The topological polar surface area (TPSA) is 67.7 Å². The number of para-hydroxylation sites is 1. The molecule has 2 heterocycles. The second kappa shape index (κ2) is 5.93. The van der Waals surface area contributed by atoms with Gasteiger partial charge in [0.1, 0.15) is 5.52 Å². The van der Waals surface area contributed by atoms with Crippen LogP contribution in [-0.2, 0) is 6.54 Å². The first-order valence-electron chi connectivity index (χ1n) is 6.05. The van der Waals surface area contributed by atoms with E-state index in [-0.39, 0.29) is 0 Å². The van der Waals surface area contributed by atoms with Crippen molar-refractivity contribution in [3.8, 4) is 0 Å². The van der Waals surface area contributed by atoms with Crippen LogP contribution < -0.4 is 10.6 Å². The number of hydrogen-bond acceptors (Lipinski definition) is 5. The highest BCUT2D eigenvalue weighted by Gasteiger charge is 2.03. The summed E-state index contributed by atoms with van der Waals surface area (Å²) >= 11 is 6.70. The Balaban J connectivity index is 1.53.